The molecule has 1 aromatic carbocycles. The van der Waals surface area contributed by atoms with Gasteiger partial charge >= 0.3 is 0 Å². The minimum atomic E-state index is -0.295. The van der Waals surface area contributed by atoms with E-state index in [1.54, 1.807) is 0 Å². The molecule has 3 rings (SSSR count). The highest BCUT2D eigenvalue weighted by molar-refractivity contribution is 7.14. The molecular weight excluding hydrogens is 324 g/mol. The predicted molar refractivity (Wildman–Crippen MR) is 93.1 cm³/mol. The van der Waals surface area contributed by atoms with Gasteiger partial charge in [-0.1, -0.05) is 19.1 Å². The Bertz CT molecular complexity index is 780. The maximum Gasteiger partial charge on any atom is 0.265 e. The highest BCUT2D eigenvalue weighted by atomic mass is 32.1. The molecule has 0 unspecified atom stereocenters. The lowest BCUT2D eigenvalue weighted by molar-refractivity contribution is -0.125. The zero-order valence-corrected chi connectivity index (χ0v) is 14.1. The average Bonchev–Trinajstić information content (AvgIpc) is 3.16. The number of carbonyl (C=O) groups is 3. The van der Waals surface area contributed by atoms with E-state index < -0.39 is 0 Å². The van der Waals surface area contributed by atoms with Crippen LogP contribution >= 0.6 is 11.3 Å². The van der Waals surface area contributed by atoms with Gasteiger partial charge in [-0.2, -0.15) is 0 Å². The minimum absolute atomic E-state index is 0.117. The van der Waals surface area contributed by atoms with E-state index in [2.05, 4.69) is 17.6 Å². The molecule has 3 amide bonds. The summed E-state index contributed by atoms with van der Waals surface area (Å²) in [6.07, 6.45) is 1.69. The molecule has 0 aliphatic carbocycles. The first-order valence-corrected chi connectivity index (χ1v) is 8.69. The van der Waals surface area contributed by atoms with Crippen LogP contribution in [0.5, 0.6) is 0 Å². The van der Waals surface area contributed by atoms with Crippen molar-refractivity contribution in [2.45, 2.75) is 26.2 Å². The third kappa shape index (κ3) is 3.71. The molecule has 0 radical (unpaired) electrons. The van der Waals surface area contributed by atoms with Crippen molar-refractivity contribution in [3.05, 3.63) is 51.7 Å². The molecule has 1 aliphatic heterocycles. The highest BCUT2D eigenvalue weighted by Crippen LogP contribution is 2.21. The van der Waals surface area contributed by atoms with Crippen LogP contribution in [-0.2, 0) is 22.4 Å². The van der Waals surface area contributed by atoms with Gasteiger partial charge in [0, 0.05) is 17.0 Å². The Morgan fingerprint density at radius 3 is 2.54 bits per heavy atom. The van der Waals surface area contributed by atoms with Gasteiger partial charge in [0.05, 0.1) is 10.8 Å². The fourth-order valence-corrected chi connectivity index (χ4v) is 3.51. The van der Waals surface area contributed by atoms with Crippen molar-refractivity contribution >= 4 is 34.7 Å². The molecule has 1 saturated heterocycles. The summed E-state index contributed by atoms with van der Waals surface area (Å²) in [5.41, 5.74) is 1.68. The minimum Gasteiger partial charge on any atom is -0.321 e. The molecule has 5 nitrogen and oxygen atoms in total. The fourth-order valence-electron chi connectivity index (χ4n) is 2.66. The van der Waals surface area contributed by atoms with Gasteiger partial charge in [0.1, 0.15) is 0 Å². The van der Waals surface area contributed by atoms with Crippen LogP contribution in [0.25, 0.3) is 0 Å². The molecule has 0 saturated carbocycles. The molecule has 0 bridgehead atoms. The summed E-state index contributed by atoms with van der Waals surface area (Å²) in [5, 5.41) is 5.19. The maximum atomic E-state index is 12.2. The first-order chi connectivity index (χ1) is 11.5. The molecule has 124 valence electrons. The second kappa shape index (κ2) is 6.97. The van der Waals surface area contributed by atoms with Gasteiger partial charge in [-0.25, -0.2) is 0 Å². The number of amides is 3. The van der Waals surface area contributed by atoms with E-state index in [1.165, 1.54) is 16.2 Å². The first-order valence-electron chi connectivity index (χ1n) is 7.88. The van der Waals surface area contributed by atoms with Crippen LogP contribution in [-0.4, -0.2) is 17.7 Å². The SMILES string of the molecule is CCc1ccc(C(=O)Nc2ccc(C[C@@H]3CC(=O)NC3=O)cc2)s1. The molecule has 24 heavy (non-hydrogen) atoms. The summed E-state index contributed by atoms with van der Waals surface area (Å²) in [6, 6.07) is 11.2. The number of nitrogens with one attached hydrogen (secondary N) is 2. The predicted octanol–water partition coefficient (Wildman–Crippen LogP) is 2.77. The summed E-state index contributed by atoms with van der Waals surface area (Å²) in [5.74, 6) is -0.831. The summed E-state index contributed by atoms with van der Waals surface area (Å²) >= 11 is 1.50. The van der Waals surface area contributed by atoms with E-state index in [0.29, 0.717) is 17.0 Å². The van der Waals surface area contributed by atoms with Crippen LogP contribution in [0.3, 0.4) is 0 Å². The fraction of sp³-hybridized carbons (Fsp3) is 0.278. The molecule has 1 fully saturated rings. The van der Waals surface area contributed by atoms with Gasteiger partial charge in [-0.3, -0.25) is 19.7 Å². The molecule has 1 atom stereocenters. The number of thiophene rings is 1. The van der Waals surface area contributed by atoms with Crippen LogP contribution in [0.1, 0.15) is 33.5 Å². The van der Waals surface area contributed by atoms with Gasteiger partial charge in [-0.15, -0.1) is 11.3 Å². The van der Waals surface area contributed by atoms with Crippen molar-refractivity contribution in [1.29, 1.82) is 0 Å². The van der Waals surface area contributed by atoms with E-state index in [9.17, 15) is 14.4 Å². The van der Waals surface area contributed by atoms with Crippen molar-refractivity contribution in [1.82, 2.24) is 5.32 Å². The molecule has 0 spiro atoms. The largest absolute Gasteiger partial charge is 0.321 e. The Morgan fingerprint density at radius 2 is 1.96 bits per heavy atom. The topological polar surface area (TPSA) is 75.3 Å². The number of rotatable bonds is 5. The van der Waals surface area contributed by atoms with Gasteiger partial charge in [0.15, 0.2) is 0 Å². The molecule has 2 N–H and O–H groups in total. The smallest absolute Gasteiger partial charge is 0.265 e. The monoisotopic (exact) mass is 342 g/mol. The van der Waals surface area contributed by atoms with Crippen LogP contribution < -0.4 is 10.6 Å². The van der Waals surface area contributed by atoms with Crippen molar-refractivity contribution in [2.24, 2.45) is 5.92 Å². The Labute approximate surface area is 144 Å². The number of aryl methyl sites for hydroxylation is 1. The van der Waals surface area contributed by atoms with Gasteiger partial charge in [0.2, 0.25) is 11.8 Å². The highest BCUT2D eigenvalue weighted by Gasteiger charge is 2.30. The summed E-state index contributed by atoms with van der Waals surface area (Å²) in [4.78, 5) is 36.9. The summed E-state index contributed by atoms with van der Waals surface area (Å²) in [6.45, 7) is 2.06. The van der Waals surface area contributed by atoms with Gasteiger partial charge < -0.3 is 5.32 Å². The van der Waals surface area contributed by atoms with Crippen molar-refractivity contribution in [3.63, 3.8) is 0 Å². The third-order valence-corrected chi connectivity index (χ3v) is 5.22. The number of hydrogen-bond donors (Lipinski definition) is 2. The lowest BCUT2D eigenvalue weighted by atomic mass is 9.98. The second-order valence-electron chi connectivity index (χ2n) is 5.79. The molecule has 1 aliphatic rings. The number of carbonyl (C=O) groups excluding carboxylic acids is 3. The molecule has 1 aromatic heterocycles. The quantitative estimate of drug-likeness (QED) is 0.821. The van der Waals surface area contributed by atoms with E-state index in [1.807, 2.05) is 36.4 Å². The number of benzene rings is 1. The molecule has 6 heteroatoms. The van der Waals surface area contributed by atoms with Crippen LogP contribution in [0.15, 0.2) is 36.4 Å². The molecule has 2 aromatic rings. The zero-order chi connectivity index (χ0) is 17.1. The molecule has 2 heterocycles. The maximum absolute atomic E-state index is 12.2. The Hall–Kier alpha value is -2.47. The van der Waals surface area contributed by atoms with E-state index in [-0.39, 0.29) is 30.1 Å². The Morgan fingerprint density at radius 1 is 1.21 bits per heavy atom. The number of anilines is 1. The van der Waals surface area contributed by atoms with E-state index in [4.69, 9.17) is 0 Å². The van der Waals surface area contributed by atoms with Crippen LogP contribution in [0.4, 0.5) is 5.69 Å². The van der Waals surface area contributed by atoms with Crippen molar-refractivity contribution in [3.8, 4) is 0 Å². The average molecular weight is 342 g/mol. The van der Waals surface area contributed by atoms with Crippen molar-refractivity contribution < 1.29 is 14.4 Å². The summed E-state index contributed by atoms with van der Waals surface area (Å²) in [7, 11) is 0. The van der Waals surface area contributed by atoms with Gasteiger partial charge in [0.25, 0.3) is 5.91 Å². The second-order valence-corrected chi connectivity index (χ2v) is 6.96. The van der Waals surface area contributed by atoms with Crippen LogP contribution in [0.2, 0.25) is 0 Å². The third-order valence-electron chi connectivity index (χ3n) is 3.99. The van der Waals surface area contributed by atoms with Gasteiger partial charge in [-0.05, 0) is 42.7 Å². The Kier molecular flexibility index (Phi) is 4.76. The normalized spacial score (nSPS) is 17.0. The lowest BCUT2D eigenvalue weighted by Crippen LogP contribution is -2.22. The zero-order valence-electron chi connectivity index (χ0n) is 13.3. The first kappa shape index (κ1) is 16.4. The summed E-state index contributed by atoms with van der Waals surface area (Å²) < 4.78 is 0. The molecular formula is C18H18N2O3S. The van der Waals surface area contributed by atoms with Crippen molar-refractivity contribution in [2.75, 3.05) is 5.32 Å². The number of imide groups is 1. The lowest BCUT2D eigenvalue weighted by Gasteiger charge is -2.08. The van der Waals surface area contributed by atoms with E-state index >= 15 is 0 Å². The van der Waals surface area contributed by atoms with Crippen LogP contribution in [0, 0.1) is 5.92 Å². The number of hydrogen-bond acceptors (Lipinski definition) is 4. The standard InChI is InChI=1S/C18H18N2O3S/c1-2-14-7-8-15(24-14)18(23)19-13-5-3-11(4-6-13)9-12-10-16(21)20-17(12)22/h3-8,12H,2,9-10H2,1H3,(H,19,23)(H,20,21,22)/t12-/m1/s1. The van der Waals surface area contributed by atoms with E-state index in [0.717, 1.165) is 12.0 Å². The Balaban J connectivity index is 1.61.